The molecular formula is C14H16N2O. The fraction of sp³-hybridized carbons (Fsp3) is 0.357. The van der Waals surface area contributed by atoms with E-state index in [1.165, 1.54) is 0 Å². The van der Waals surface area contributed by atoms with Crippen LogP contribution in [0, 0.1) is 0 Å². The second-order valence-corrected chi connectivity index (χ2v) is 4.43. The maximum Gasteiger partial charge on any atom is 0.120 e. The van der Waals surface area contributed by atoms with Gasteiger partial charge in [-0.25, -0.2) is 0 Å². The SMILES string of the molecule is c1cnc2ccc(OC3CCNCC3)cc2c1. The lowest BCUT2D eigenvalue weighted by Gasteiger charge is -2.23. The lowest BCUT2D eigenvalue weighted by Crippen LogP contribution is -2.34. The number of hydrogen-bond donors (Lipinski definition) is 1. The summed E-state index contributed by atoms with van der Waals surface area (Å²) in [5.74, 6) is 0.956. The van der Waals surface area contributed by atoms with Gasteiger partial charge in [0.25, 0.3) is 0 Å². The van der Waals surface area contributed by atoms with E-state index in [-0.39, 0.29) is 0 Å². The fourth-order valence-corrected chi connectivity index (χ4v) is 2.23. The van der Waals surface area contributed by atoms with Crippen molar-refractivity contribution in [1.29, 1.82) is 0 Å². The molecule has 1 aromatic carbocycles. The molecule has 17 heavy (non-hydrogen) atoms. The van der Waals surface area contributed by atoms with E-state index in [0.717, 1.165) is 42.6 Å². The van der Waals surface area contributed by atoms with Gasteiger partial charge in [-0.1, -0.05) is 6.07 Å². The van der Waals surface area contributed by atoms with Crippen molar-refractivity contribution in [1.82, 2.24) is 10.3 Å². The van der Waals surface area contributed by atoms with Crippen LogP contribution in [0.25, 0.3) is 10.9 Å². The second kappa shape index (κ2) is 4.72. The third-order valence-electron chi connectivity index (χ3n) is 3.16. The normalized spacial score (nSPS) is 17.2. The summed E-state index contributed by atoms with van der Waals surface area (Å²) >= 11 is 0. The number of ether oxygens (including phenoxy) is 1. The zero-order chi connectivity index (χ0) is 11.5. The maximum atomic E-state index is 6.00. The molecule has 1 aliphatic heterocycles. The van der Waals surface area contributed by atoms with Crippen molar-refractivity contribution in [2.45, 2.75) is 18.9 Å². The smallest absolute Gasteiger partial charge is 0.120 e. The molecule has 0 bridgehead atoms. The molecule has 1 N–H and O–H groups in total. The fourth-order valence-electron chi connectivity index (χ4n) is 2.23. The summed E-state index contributed by atoms with van der Waals surface area (Å²) in [6.45, 7) is 2.11. The molecule has 0 aliphatic carbocycles. The third kappa shape index (κ3) is 2.39. The summed E-state index contributed by atoms with van der Waals surface area (Å²) in [5.41, 5.74) is 1.02. The van der Waals surface area contributed by atoms with Crippen molar-refractivity contribution >= 4 is 10.9 Å². The first kappa shape index (κ1) is 10.5. The minimum Gasteiger partial charge on any atom is -0.490 e. The lowest BCUT2D eigenvalue weighted by atomic mass is 10.1. The number of rotatable bonds is 2. The van der Waals surface area contributed by atoms with Gasteiger partial charge < -0.3 is 10.1 Å². The molecule has 1 aliphatic rings. The van der Waals surface area contributed by atoms with Crippen molar-refractivity contribution in [3.63, 3.8) is 0 Å². The monoisotopic (exact) mass is 228 g/mol. The molecule has 0 spiro atoms. The highest BCUT2D eigenvalue weighted by Gasteiger charge is 2.14. The predicted octanol–water partition coefficient (Wildman–Crippen LogP) is 2.37. The molecule has 0 radical (unpaired) electrons. The number of aromatic nitrogens is 1. The van der Waals surface area contributed by atoms with E-state index in [4.69, 9.17) is 4.74 Å². The van der Waals surface area contributed by atoms with E-state index in [2.05, 4.69) is 22.4 Å². The molecule has 0 unspecified atom stereocenters. The van der Waals surface area contributed by atoms with Crippen molar-refractivity contribution in [3.05, 3.63) is 36.5 Å². The third-order valence-corrected chi connectivity index (χ3v) is 3.16. The Hall–Kier alpha value is -1.61. The topological polar surface area (TPSA) is 34.1 Å². The van der Waals surface area contributed by atoms with Crippen LogP contribution in [0.15, 0.2) is 36.5 Å². The number of pyridine rings is 1. The summed E-state index contributed by atoms with van der Waals surface area (Å²) in [4.78, 5) is 4.30. The molecule has 3 nitrogen and oxygen atoms in total. The molecule has 1 fully saturated rings. The van der Waals surface area contributed by atoms with Crippen LogP contribution >= 0.6 is 0 Å². The first-order valence-corrected chi connectivity index (χ1v) is 6.14. The lowest BCUT2D eigenvalue weighted by molar-refractivity contribution is 0.162. The van der Waals surface area contributed by atoms with Gasteiger partial charge in [0.15, 0.2) is 0 Å². The van der Waals surface area contributed by atoms with Crippen molar-refractivity contribution in [3.8, 4) is 5.75 Å². The molecule has 1 saturated heterocycles. The molecule has 0 saturated carbocycles. The van der Waals surface area contributed by atoms with E-state index < -0.39 is 0 Å². The first-order valence-electron chi connectivity index (χ1n) is 6.14. The Morgan fingerprint density at radius 3 is 2.94 bits per heavy atom. The zero-order valence-corrected chi connectivity index (χ0v) is 9.73. The predicted molar refractivity (Wildman–Crippen MR) is 68.3 cm³/mol. The highest BCUT2D eigenvalue weighted by molar-refractivity contribution is 5.79. The van der Waals surface area contributed by atoms with Crippen LogP contribution in [0.1, 0.15) is 12.8 Å². The highest BCUT2D eigenvalue weighted by Crippen LogP contribution is 2.21. The Balaban J connectivity index is 1.80. The Morgan fingerprint density at radius 1 is 1.18 bits per heavy atom. The molecule has 0 amide bonds. The summed E-state index contributed by atoms with van der Waals surface area (Å²) in [5, 5.41) is 4.48. The average Bonchev–Trinajstić information content (AvgIpc) is 2.40. The van der Waals surface area contributed by atoms with Gasteiger partial charge in [0.05, 0.1) is 5.52 Å². The van der Waals surface area contributed by atoms with Crippen LogP contribution in [0.5, 0.6) is 5.75 Å². The Morgan fingerprint density at radius 2 is 2.06 bits per heavy atom. The largest absolute Gasteiger partial charge is 0.490 e. The van der Waals surface area contributed by atoms with E-state index in [9.17, 15) is 0 Å². The number of piperidine rings is 1. The molecule has 88 valence electrons. The van der Waals surface area contributed by atoms with Crippen molar-refractivity contribution < 1.29 is 4.74 Å². The van der Waals surface area contributed by atoms with Crippen LogP contribution in [-0.2, 0) is 0 Å². The van der Waals surface area contributed by atoms with Gasteiger partial charge in [0, 0.05) is 11.6 Å². The summed E-state index contributed by atoms with van der Waals surface area (Å²) in [6.07, 6.45) is 4.34. The number of nitrogens with zero attached hydrogens (tertiary/aromatic N) is 1. The zero-order valence-electron chi connectivity index (χ0n) is 9.73. The van der Waals surface area contributed by atoms with Crippen LogP contribution in [-0.4, -0.2) is 24.2 Å². The van der Waals surface area contributed by atoms with Gasteiger partial charge in [-0.2, -0.15) is 0 Å². The van der Waals surface area contributed by atoms with E-state index >= 15 is 0 Å². The van der Waals surface area contributed by atoms with E-state index in [1.54, 1.807) is 0 Å². The standard InChI is InChI=1S/C14H16N2O/c1-2-11-10-13(3-4-14(11)16-7-1)17-12-5-8-15-9-6-12/h1-4,7,10,12,15H,5-6,8-9H2. The van der Waals surface area contributed by atoms with Crippen LogP contribution in [0.2, 0.25) is 0 Å². The summed E-state index contributed by atoms with van der Waals surface area (Å²) in [6, 6.07) is 10.1. The van der Waals surface area contributed by atoms with Crippen molar-refractivity contribution in [2.75, 3.05) is 13.1 Å². The molecule has 3 rings (SSSR count). The number of benzene rings is 1. The Kier molecular flexibility index (Phi) is 2.92. The highest BCUT2D eigenvalue weighted by atomic mass is 16.5. The van der Waals surface area contributed by atoms with Crippen LogP contribution in [0.3, 0.4) is 0 Å². The van der Waals surface area contributed by atoms with Crippen molar-refractivity contribution in [2.24, 2.45) is 0 Å². The molecule has 2 aromatic rings. The minimum absolute atomic E-state index is 0.352. The first-order chi connectivity index (χ1) is 8.42. The molecule has 0 atom stereocenters. The molecular weight excluding hydrogens is 212 g/mol. The molecule has 2 heterocycles. The van der Waals surface area contributed by atoms with Gasteiger partial charge >= 0.3 is 0 Å². The van der Waals surface area contributed by atoms with E-state index in [1.807, 2.05) is 24.4 Å². The van der Waals surface area contributed by atoms with Crippen LogP contribution in [0.4, 0.5) is 0 Å². The van der Waals surface area contributed by atoms with Gasteiger partial charge in [-0.15, -0.1) is 0 Å². The minimum atomic E-state index is 0.352. The molecule has 3 heteroatoms. The average molecular weight is 228 g/mol. The number of hydrogen-bond acceptors (Lipinski definition) is 3. The van der Waals surface area contributed by atoms with Gasteiger partial charge in [-0.3, -0.25) is 4.98 Å². The van der Waals surface area contributed by atoms with Crippen LogP contribution < -0.4 is 10.1 Å². The number of fused-ring (bicyclic) bond motifs is 1. The summed E-state index contributed by atoms with van der Waals surface area (Å²) < 4.78 is 6.00. The van der Waals surface area contributed by atoms with Gasteiger partial charge in [-0.05, 0) is 50.2 Å². The second-order valence-electron chi connectivity index (χ2n) is 4.43. The van der Waals surface area contributed by atoms with Gasteiger partial charge in [0.2, 0.25) is 0 Å². The summed E-state index contributed by atoms with van der Waals surface area (Å²) in [7, 11) is 0. The maximum absolute atomic E-state index is 6.00. The Labute approximate surface area is 101 Å². The number of nitrogens with one attached hydrogen (secondary N) is 1. The quantitative estimate of drug-likeness (QED) is 0.856. The van der Waals surface area contributed by atoms with Gasteiger partial charge in [0.1, 0.15) is 11.9 Å². The molecule has 1 aromatic heterocycles. The Bertz CT molecular complexity index is 506. The van der Waals surface area contributed by atoms with E-state index in [0.29, 0.717) is 6.10 Å².